The summed E-state index contributed by atoms with van der Waals surface area (Å²) in [5.41, 5.74) is 7.19. The lowest BCUT2D eigenvalue weighted by Crippen LogP contribution is -2.06. The van der Waals surface area contributed by atoms with E-state index in [0.717, 1.165) is 5.56 Å². The van der Waals surface area contributed by atoms with Crippen LogP contribution in [0.2, 0.25) is 0 Å². The first-order valence-electron chi connectivity index (χ1n) is 3.71. The average Bonchev–Trinajstić information content (AvgIpc) is 2.04. The van der Waals surface area contributed by atoms with Crippen LogP contribution >= 0.6 is 0 Å². The predicted molar refractivity (Wildman–Crippen MR) is 49.4 cm³/mol. The Morgan fingerprint density at radius 1 is 1.58 bits per heavy atom. The lowest BCUT2D eigenvalue weighted by atomic mass is 10.1. The van der Waals surface area contributed by atoms with Gasteiger partial charge in [-0.05, 0) is 17.7 Å². The van der Waals surface area contributed by atoms with Crippen LogP contribution in [0.4, 0.5) is 5.69 Å². The number of hydrogen-bond donors (Lipinski definition) is 2. The van der Waals surface area contributed by atoms with Crippen LogP contribution in [0.15, 0.2) is 24.3 Å². The number of benzene rings is 1. The van der Waals surface area contributed by atoms with E-state index in [1.54, 1.807) is 12.1 Å². The number of nitrogens with two attached hydrogens (primary N) is 1. The summed E-state index contributed by atoms with van der Waals surface area (Å²) in [6.07, 6.45) is 4.77. The quantitative estimate of drug-likeness (QED) is 0.498. The van der Waals surface area contributed by atoms with Gasteiger partial charge in [0.25, 0.3) is 0 Å². The standard InChI is InChI=1S/C10H11NO/c1-2-10(12)7-8-4-3-5-9(11)6-8/h1,3-6,10,12H,7,11H2. The first-order valence-corrected chi connectivity index (χ1v) is 3.71. The van der Waals surface area contributed by atoms with Gasteiger partial charge < -0.3 is 10.8 Å². The second-order valence-electron chi connectivity index (χ2n) is 2.63. The van der Waals surface area contributed by atoms with Crippen LogP contribution in [0.3, 0.4) is 0 Å². The highest BCUT2D eigenvalue weighted by atomic mass is 16.3. The summed E-state index contributed by atoms with van der Waals surface area (Å²) in [7, 11) is 0. The number of aliphatic hydroxyl groups excluding tert-OH is 1. The van der Waals surface area contributed by atoms with E-state index >= 15 is 0 Å². The molecular formula is C10H11NO. The summed E-state index contributed by atoms with van der Waals surface area (Å²) in [5, 5.41) is 9.13. The molecule has 0 aliphatic heterocycles. The van der Waals surface area contributed by atoms with Gasteiger partial charge in [-0.3, -0.25) is 0 Å². The van der Waals surface area contributed by atoms with Gasteiger partial charge in [-0.25, -0.2) is 0 Å². The first-order chi connectivity index (χ1) is 5.72. The van der Waals surface area contributed by atoms with Crippen molar-refractivity contribution in [2.75, 3.05) is 5.73 Å². The Kier molecular flexibility index (Phi) is 2.73. The highest BCUT2D eigenvalue weighted by Gasteiger charge is 2.00. The van der Waals surface area contributed by atoms with Gasteiger partial charge in [0.2, 0.25) is 0 Å². The minimum atomic E-state index is -0.716. The molecule has 0 heterocycles. The van der Waals surface area contributed by atoms with Crippen LogP contribution in [0, 0.1) is 12.3 Å². The summed E-state index contributed by atoms with van der Waals surface area (Å²) in [5.74, 6) is 2.25. The molecule has 0 fully saturated rings. The van der Waals surface area contributed by atoms with Gasteiger partial charge >= 0.3 is 0 Å². The van der Waals surface area contributed by atoms with Gasteiger partial charge in [-0.2, -0.15) is 0 Å². The molecule has 0 saturated carbocycles. The average molecular weight is 161 g/mol. The number of terminal acetylenes is 1. The molecule has 0 aliphatic carbocycles. The summed E-state index contributed by atoms with van der Waals surface area (Å²) < 4.78 is 0. The fraction of sp³-hybridized carbons (Fsp3) is 0.200. The predicted octanol–water partition coefficient (Wildman–Crippen LogP) is 0.805. The van der Waals surface area contributed by atoms with Crippen molar-refractivity contribution in [2.24, 2.45) is 0 Å². The summed E-state index contributed by atoms with van der Waals surface area (Å²) in [4.78, 5) is 0. The molecule has 3 N–H and O–H groups in total. The van der Waals surface area contributed by atoms with Gasteiger partial charge in [-0.1, -0.05) is 18.1 Å². The monoisotopic (exact) mass is 161 g/mol. The molecule has 12 heavy (non-hydrogen) atoms. The van der Waals surface area contributed by atoms with Crippen LogP contribution in [-0.2, 0) is 6.42 Å². The number of nitrogen functional groups attached to an aromatic ring is 1. The molecule has 1 aromatic carbocycles. The van der Waals surface area contributed by atoms with E-state index in [2.05, 4.69) is 5.92 Å². The SMILES string of the molecule is C#CC(O)Cc1cccc(N)c1. The molecule has 0 aliphatic rings. The van der Waals surface area contributed by atoms with Gasteiger partial charge in [0.15, 0.2) is 0 Å². The second kappa shape index (κ2) is 3.80. The lowest BCUT2D eigenvalue weighted by Gasteiger charge is -2.03. The van der Waals surface area contributed by atoms with E-state index in [0.29, 0.717) is 12.1 Å². The van der Waals surface area contributed by atoms with Crippen molar-refractivity contribution in [1.82, 2.24) is 0 Å². The van der Waals surface area contributed by atoms with E-state index < -0.39 is 6.10 Å². The van der Waals surface area contributed by atoms with Crippen LogP contribution in [-0.4, -0.2) is 11.2 Å². The van der Waals surface area contributed by atoms with E-state index in [9.17, 15) is 0 Å². The molecule has 1 aromatic rings. The maximum atomic E-state index is 9.13. The Hall–Kier alpha value is -1.46. The van der Waals surface area contributed by atoms with Crippen molar-refractivity contribution < 1.29 is 5.11 Å². The van der Waals surface area contributed by atoms with E-state index in [1.165, 1.54) is 0 Å². The molecule has 62 valence electrons. The van der Waals surface area contributed by atoms with Crippen LogP contribution < -0.4 is 5.73 Å². The third-order valence-electron chi connectivity index (χ3n) is 1.57. The van der Waals surface area contributed by atoms with Crippen LogP contribution in [0.1, 0.15) is 5.56 Å². The number of anilines is 1. The third-order valence-corrected chi connectivity index (χ3v) is 1.57. The Morgan fingerprint density at radius 3 is 2.92 bits per heavy atom. The van der Waals surface area contributed by atoms with Crippen molar-refractivity contribution in [1.29, 1.82) is 0 Å². The van der Waals surface area contributed by atoms with E-state index in [1.807, 2.05) is 12.1 Å². The molecule has 0 saturated heterocycles. The van der Waals surface area contributed by atoms with Crippen LogP contribution in [0.25, 0.3) is 0 Å². The van der Waals surface area contributed by atoms with Gasteiger partial charge in [0.1, 0.15) is 6.10 Å². The van der Waals surface area contributed by atoms with Gasteiger partial charge in [0.05, 0.1) is 0 Å². The zero-order chi connectivity index (χ0) is 8.97. The number of rotatable bonds is 2. The fourth-order valence-corrected chi connectivity index (χ4v) is 1.00. The van der Waals surface area contributed by atoms with Crippen molar-refractivity contribution in [3.8, 4) is 12.3 Å². The number of aliphatic hydroxyl groups is 1. The van der Waals surface area contributed by atoms with Crippen molar-refractivity contribution in [2.45, 2.75) is 12.5 Å². The van der Waals surface area contributed by atoms with E-state index in [4.69, 9.17) is 17.3 Å². The lowest BCUT2D eigenvalue weighted by molar-refractivity contribution is 0.233. The zero-order valence-electron chi connectivity index (χ0n) is 6.70. The second-order valence-corrected chi connectivity index (χ2v) is 2.63. The molecule has 0 radical (unpaired) electrons. The molecule has 2 nitrogen and oxygen atoms in total. The molecular weight excluding hydrogens is 150 g/mol. The third kappa shape index (κ3) is 2.30. The first kappa shape index (κ1) is 8.63. The topological polar surface area (TPSA) is 46.2 Å². The molecule has 1 unspecified atom stereocenters. The Labute approximate surface area is 72.0 Å². The fourth-order valence-electron chi connectivity index (χ4n) is 1.00. The van der Waals surface area contributed by atoms with Crippen LogP contribution in [0.5, 0.6) is 0 Å². The molecule has 2 heteroatoms. The Bertz CT molecular complexity index is 301. The minimum Gasteiger partial charge on any atom is -0.399 e. The Balaban J connectivity index is 2.71. The zero-order valence-corrected chi connectivity index (χ0v) is 6.70. The maximum absolute atomic E-state index is 9.13. The maximum Gasteiger partial charge on any atom is 0.118 e. The highest BCUT2D eigenvalue weighted by Crippen LogP contribution is 2.08. The minimum absolute atomic E-state index is 0.460. The smallest absolute Gasteiger partial charge is 0.118 e. The van der Waals surface area contributed by atoms with Crippen molar-refractivity contribution in [3.63, 3.8) is 0 Å². The van der Waals surface area contributed by atoms with Crippen molar-refractivity contribution in [3.05, 3.63) is 29.8 Å². The van der Waals surface area contributed by atoms with Gasteiger partial charge in [0, 0.05) is 12.1 Å². The largest absolute Gasteiger partial charge is 0.399 e. The number of hydrogen-bond acceptors (Lipinski definition) is 2. The normalized spacial score (nSPS) is 12.0. The molecule has 1 atom stereocenters. The summed E-state index contributed by atoms with van der Waals surface area (Å²) >= 11 is 0. The highest BCUT2D eigenvalue weighted by molar-refractivity contribution is 5.40. The Morgan fingerprint density at radius 2 is 2.33 bits per heavy atom. The molecule has 0 amide bonds. The molecule has 0 aromatic heterocycles. The molecule has 1 rings (SSSR count). The summed E-state index contributed by atoms with van der Waals surface area (Å²) in [6.45, 7) is 0. The summed E-state index contributed by atoms with van der Waals surface area (Å²) in [6, 6.07) is 7.33. The van der Waals surface area contributed by atoms with E-state index in [-0.39, 0.29) is 0 Å². The molecule has 0 bridgehead atoms. The molecule has 0 spiro atoms. The van der Waals surface area contributed by atoms with Gasteiger partial charge in [-0.15, -0.1) is 6.42 Å². The van der Waals surface area contributed by atoms with Crippen molar-refractivity contribution >= 4 is 5.69 Å².